The van der Waals surface area contributed by atoms with Gasteiger partial charge >= 0.3 is 0 Å². The van der Waals surface area contributed by atoms with Crippen LogP contribution in [0.15, 0.2) is 18.2 Å². The Labute approximate surface area is 104 Å². The Kier molecular flexibility index (Phi) is 3.89. The molecule has 1 aliphatic heterocycles. The van der Waals surface area contributed by atoms with Crippen LogP contribution in [-0.2, 0) is 6.42 Å². The lowest BCUT2D eigenvalue weighted by Crippen LogP contribution is -2.37. The van der Waals surface area contributed by atoms with Crippen molar-refractivity contribution >= 4 is 5.69 Å². The van der Waals surface area contributed by atoms with Gasteiger partial charge in [0.25, 0.3) is 0 Å². The molecule has 0 aliphatic carbocycles. The molecule has 1 atom stereocenters. The maximum absolute atomic E-state index is 5.28. The Morgan fingerprint density at radius 1 is 1.47 bits per heavy atom. The summed E-state index contributed by atoms with van der Waals surface area (Å²) in [5.74, 6) is 0.964. The Morgan fingerprint density at radius 2 is 2.29 bits per heavy atom. The molecule has 0 saturated heterocycles. The number of anilines is 1. The van der Waals surface area contributed by atoms with Crippen molar-refractivity contribution < 1.29 is 4.74 Å². The van der Waals surface area contributed by atoms with Crippen LogP contribution in [0.25, 0.3) is 0 Å². The topological polar surface area (TPSA) is 24.5 Å². The van der Waals surface area contributed by atoms with Gasteiger partial charge in [0, 0.05) is 18.8 Å². The van der Waals surface area contributed by atoms with Gasteiger partial charge in [-0.3, -0.25) is 0 Å². The van der Waals surface area contributed by atoms with Crippen molar-refractivity contribution in [1.82, 2.24) is 5.32 Å². The highest BCUT2D eigenvalue weighted by Crippen LogP contribution is 2.33. The van der Waals surface area contributed by atoms with E-state index in [1.807, 2.05) is 7.05 Å². The Balaban J connectivity index is 2.15. The largest absolute Gasteiger partial charge is 0.497 e. The fourth-order valence-electron chi connectivity index (χ4n) is 2.59. The molecule has 1 unspecified atom stereocenters. The van der Waals surface area contributed by atoms with Crippen LogP contribution in [0.5, 0.6) is 5.75 Å². The second-order valence-electron chi connectivity index (χ2n) is 4.69. The summed E-state index contributed by atoms with van der Waals surface area (Å²) in [6, 6.07) is 7.05. The molecule has 1 aromatic carbocycles. The molecule has 1 N–H and O–H groups in total. The molecule has 17 heavy (non-hydrogen) atoms. The minimum Gasteiger partial charge on any atom is -0.497 e. The predicted octanol–water partition coefficient (Wildman–Crippen LogP) is 2.06. The SMILES string of the molecule is CNCCC1CCc2cc(OC)ccc2N1C. The lowest BCUT2D eigenvalue weighted by atomic mass is 9.94. The van der Waals surface area contributed by atoms with E-state index in [4.69, 9.17) is 4.74 Å². The zero-order chi connectivity index (χ0) is 12.3. The molecule has 94 valence electrons. The van der Waals surface area contributed by atoms with Crippen LogP contribution in [-0.4, -0.2) is 33.8 Å². The van der Waals surface area contributed by atoms with Crippen molar-refractivity contribution in [3.8, 4) is 5.75 Å². The van der Waals surface area contributed by atoms with Gasteiger partial charge in [-0.25, -0.2) is 0 Å². The molecule has 2 rings (SSSR count). The Bertz CT molecular complexity index is 378. The van der Waals surface area contributed by atoms with E-state index < -0.39 is 0 Å². The molecule has 0 spiro atoms. The molecule has 0 radical (unpaired) electrons. The van der Waals surface area contributed by atoms with Crippen molar-refractivity contribution in [1.29, 1.82) is 0 Å². The molecule has 1 aromatic rings. The maximum Gasteiger partial charge on any atom is 0.119 e. The van der Waals surface area contributed by atoms with Gasteiger partial charge in [-0.05, 0) is 56.6 Å². The van der Waals surface area contributed by atoms with Crippen LogP contribution >= 0.6 is 0 Å². The Morgan fingerprint density at radius 3 is 3.00 bits per heavy atom. The first kappa shape index (κ1) is 12.2. The van der Waals surface area contributed by atoms with E-state index in [2.05, 4.69) is 35.5 Å². The van der Waals surface area contributed by atoms with E-state index in [-0.39, 0.29) is 0 Å². The number of methoxy groups -OCH3 is 1. The van der Waals surface area contributed by atoms with E-state index in [9.17, 15) is 0 Å². The summed E-state index contributed by atoms with van der Waals surface area (Å²) >= 11 is 0. The van der Waals surface area contributed by atoms with Gasteiger partial charge < -0.3 is 15.0 Å². The average molecular weight is 234 g/mol. The molecule has 0 amide bonds. The second-order valence-corrected chi connectivity index (χ2v) is 4.69. The smallest absolute Gasteiger partial charge is 0.119 e. The summed E-state index contributed by atoms with van der Waals surface area (Å²) in [4.78, 5) is 2.41. The zero-order valence-corrected chi connectivity index (χ0v) is 11.0. The second kappa shape index (κ2) is 5.41. The predicted molar refractivity (Wildman–Crippen MR) is 72.0 cm³/mol. The first-order chi connectivity index (χ1) is 8.26. The number of aryl methyl sites for hydroxylation is 1. The lowest BCUT2D eigenvalue weighted by Gasteiger charge is -2.36. The third-order valence-electron chi connectivity index (χ3n) is 3.69. The van der Waals surface area contributed by atoms with Gasteiger partial charge in [-0.15, -0.1) is 0 Å². The zero-order valence-electron chi connectivity index (χ0n) is 11.0. The summed E-state index contributed by atoms with van der Waals surface area (Å²) in [7, 11) is 5.94. The number of hydrogen-bond acceptors (Lipinski definition) is 3. The molecule has 3 nitrogen and oxygen atoms in total. The van der Waals surface area contributed by atoms with E-state index in [0.717, 1.165) is 18.7 Å². The minimum atomic E-state index is 0.656. The van der Waals surface area contributed by atoms with Crippen LogP contribution < -0.4 is 15.0 Å². The molecule has 3 heteroatoms. The number of nitrogens with one attached hydrogen (secondary N) is 1. The highest BCUT2D eigenvalue weighted by atomic mass is 16.5. The first-order valence-electron chi connectivity index (χ1n) is 6.30. The van der Waals surface area contributed by atoms with Crippen LogP contribution in [0.4, 0.5) is 5.69 Å². The average Bonchev–Trinajstić information content (AvgIpc) is 2.37. The maximum atomic E-state index is 5.28. The summed E-state index contributed by atoms with van der Waals surface area (Å²) in [6.45, 7) is 1.08. The number of benzene rings is 1. The minimum absolute atomic E-state index is 0.656. The van der Waals surface area contributed by atoms with Gasteiger partial charge in [-0.2, -0.15) is 0 Å². The van der Waals surface area contributed by atoms with Crippen molar-refractivity contribution in [2.24, 2.45) is 0 Å². The first-order valence-corrected chi connectivity index (χ1v) is 6.30. The quantitative estimate of drug-likeness (QED) is 0.863. The standard InChI is InChI=1S/C14H22N2O/c1-15-9-8-12-5-4-11-10-13(17-3)6-7-14(11)16(12)2/h6-7,10,12,15H,4-5,8-9H2,1-3H3. The number of nitrogens with zero attached hydrogens (tertiary/aromatic N) is 1. The number of rotatable bonds is 4. The van der Waals surface area contributed by atoms with E-state index in [1.54, 1.807) is 7.11 Å². The summed E-state index contributed by atoms with van der Waals surface area (Å²) in [5, 5.41) is 3.23. The molecule has 1 heterocycles. The van der Waals surface area contributed by atoms with Crippen LogP contribution in [0.2, 0.25) is 0 Å². The molecule has 0 fully saturated rings. The molecule has 0 saturated carbocycles. The Hall–Kier alpha value is -1.22. The summed E-state index contributed by atoms with van der Waals surface area (Å²) < 4.78 is 5.28. The van der Waals surface area contributed by atoms with Crippen molar-refractivity contribution in [3.05, 3.63) is 23.8 Å². The van der Waals surface area contributed by atoms with Crippen molar-refractivity contribution in [2.75, 3.05) is 32.6 Å². The van der Waals surface area contributed by atoms with Gasteiger partial charge in [0.05, 0.1) is 7.11 Å². The fraction of sp³-hybridized carbons (Fsp3) is 0.571. The lowest BCUT2D eigenvalue weighted by molar-refractivity contribution is 0.413. The normalized spacial score (nSPS) is 19.0. The molecular formula is C14H22N2O. The van der Waals surface area contributed by atoms with E-state index >= 15 is 0 Å². The highest BCUT2D eigenvalue weighted by Gasteiger charge is 2.22. The van der Waals surface area contributed by atoms with Gasteiger partial charge in [0.15, 0.2) is 0 Å². The number of ether oxygens (including phenoxy) is 1. The molecule has 0 aromatic heterocycles. The van der Waals surface area contributed by atoms with Crippen molar-refractivity contribution in [3.63, 3.8) is 0 Å². The summed E-state index contributed by atoms with van der Waals surface area (Å²) in [6.07, 6.45) is 3.60. The monoisotopic (exact) mass is 234 g/mol. The van der Waals surface area contributed by atoms with Crippen molar-refractivity contribution in [2.45, 2.75) is 25.3 Å². The van der Waals surface area contributed by atoms with Gasteiger partial charge in [0.1, 0.15) is 5.75 Å². The van der Waals surface area contributed by atoms with Crippen LogP contribution in [0, 0.1) is 0 Å². The van der Waals surface area contributed by atoms with Gasteiger partial charge in [-0.1, -0.05) is 0 Å². The highest BCUT2D eigenvalue weighted by molar-refractivity contribution is 5.58. The van der Waals surface area contributed by atoms with Gasteiger partial charge in [0.2, 0.25) is 0 Å². The summed E-state index contributed by atoms with van der Waals surface area (Å²) in [5.41, 5.74) is 2.77. The third kappa shape index (κ3) is 2.55. The fourth-order valence-corrected chi connectivity index (χ4v) is 2.59. The molecule has 0 bridgehead atoms. The van der Waals surface area contributed by atoms with Crippen LogP contribution in [0.1, 0.15) is 18.4 Å². The number of fused-ring (bicyclic) bond motifs is 1. The van der Waals surface area contributed by atoms with E-state index in [0.29, 0.717) is 6.04 Å². The molecule has 1 aliphatic rings. The van der Waals surface area contributed by atoms with Crippen LogP contribution in [0.3, 0.4) is 0 Å². The van der Waals surface area contributed by atoms with E-state index in [1.165, 1.54) is 24.1 Å². The third-order valence-corrected chi connectivity index (χ3v) is 3.69. The number of hydrogen-bond donors (Lipinski definition) is 1. The molecular weight excluding hydrogens is 212 g/mol.